The number of thiophene rings is 1. The zero-order valence-corrected chi connectivity index (χ0v) is 18.6. The van der Waals surface area contributed by atoms with Crippen molar-refractivity contribution in [3.05, 3.63) is 50.2 Å². The van der Waals surface area contributed by atoms with E-state index in [9.17, 15) is 20.1 Å². The van der Waals surface area contributed by atoms with Crippen molar-refractivity contribution < 1.29 is 23.8 Å². The normalized spacial score (nSPS) is 10.7. The summed E-state index contributed by atoms with van der Waals surface area (Å²) in [6.07, 6.45) is 1.29. The van der Waals surface area contributed by atoms with E-state index in [4.69, 9.17) is 14.2 Å². The van der Waals surface area contributed by atoms with Gasteiger partial charge in [-0.15, -0.1) is 11.3 Å². The highest BCUT2D eigenvalue weighted by atomic mass is 32.1. The van der Waals surface area contributed by atoms with Gasteiger partial charge in [-0.3, -0.25) is 4.79 Å². The summed E-state index contributed by atoms with van der Waals surface area (Å²) in [7, 11) is 1.51. The van der Waals surface area contributed by atoms with E-state index >= 15 is 0 Å². The number of ketones is 1. The second kappa shape index (κ2) is 11.0. The molecule has 0 saturated carbocycles. The van der Waals surface area contributed by atoms with Gasteiger partial charge in [-0.25, -0.2) is 4.79 Å². The van der Waals surface area contributed by atoms with E-state index in [1.54, 1.807) is 32.0 Å². The number of nitriles is 2. The summed E-state index contributed by atoms with van der Waals surface area (Å²) >= 11 is 1.04. The number of hydrogen-bond donors (Lipinski definition) is 0. The van der Waals surface area contributed by atoms with Gasteiger partial charge < -0.3 is 14.2 Å². The lowest BCUT2D eigenvalue weighted by molar-refractivity contribution is -0.114. The minimum Gasteiger partial charge on any atom is -0.493 e. The van der Waals surface area contributed by atoms with Crippen LogP contribution in [-0.2, 0) is 16.0 Å². The number of carbonyl (C=O) groups is 2. The van der Waals surface area contributed by atoms with Crippen molar-refractivity contribution in [3.63, 3.8) is 0 Å². The number of allylic oxidation sites excluding steroid dienone is 1. The minimum absolute atomic E-state index is 0.0705. The van der Waals surface area contributed by atoms with Crippen molar-refractivity contribution in [2.45, 2.75) is 27.2 Å². The number of carbonyl (C=O) groups excluding carboxylic acids is 2. The van der Waals surface area contributed by atoms with E-state index in [-0.39, 0.29) is 24.2 Å². The van der Waals surface area contributed by atoms with Crippen molar-refractivity contribution in [1.82, 2.24) is 0 Å². The van der Waals surface area contributed by atoms with Crippen LogP contribution in [0.25, 0.3) is 6.08 Å². The monoisotopic (exact) mass is 438 g/mol. The Morgan fingerprint density at radius 1 is 1.16 bits per heavy atom. The number of Topliss-reactive ketones (excluding diaryl/α,β-unsaturated/α-hetero) is 1. The van der Waals surface area contributed by atoms with E-state index < -0.39 is 11.8 Å². The van der Waals surface area contributed by atoms with Gasteiger partial charge in [0.05, 0.1) is 31.5 Å². The lowest BCUT2D eigenvalue weighted by atomic mass is 10.0. The maximum absolute atomic E-state index is 12.8. The first-order valence-electron chi connectivity index (χ1n) is 9.55. The molecule has 0 saturated heterocycles. The first-order valence-corrected chi connectivity index (χ1v) is 10.4. The first-order chi connectivity index (χ1) is 14.9. The second-order valence-electron chi connectivity index (χ2n) is 6.30. The molecule has 1 heterocycles. The largest absolute Gasteiger partial charge is 0.493 e. The zero-order valence-electron chi connectivity index (χ0n) is 17.8. The van der Waals surface area contributed by atoms with Crippen LogP contribution in [0.2, 0.25) is 0 Å². The molecule has 2 aromatic rings. The molecule has 1 aromatic carbocycles. The van der Waals surface area contributed by atoms with Gasteiger partial charge in [-0.1, -0.05) is 6.07 Å². The molecule has 1 aromatic heterocycles. The second-order valence-corrected chi connectivity index (χ2v) is 7.40. The average Bonchev–Trinajstić information content (AvgIpc) is 3.07. The topological polar surface area (TPSA) is 109 Å². The summed E-state index contributed by atoms with van der Waals surface area (Å²) in [6, 6.07) is 9.05. The Balaban J connectivity index is 2.34. The number of ether oxygens (including phenoxy) is 3. The summed E-state index contributed by atoms with van der Waals surface area (Å²) in [5.41, 5.74) is 1.27. The molecule has 0 N–H and O–H groups in total. The Morgan fingerprint density at radius 3 is 2.48 bits per heavy atom. The minimum atomic E-state index is -0.530. The van der Waals surface area contributed by atoms with Crippen LogP contribution in [-0.4, -0.2) is 32.1 Å². The molecule has 0 spiro atoms. The SMILES string of the molecule is CCOC(=O)c1sc(CC(=O)/C(C#N)=C/c2ccc(OCC)c(OC)c2)c(C#N)c1C. The van der Waals surface area contributed by atoms with Gasteiger partial charge in [0, 0.05) is 11.3 Å². The third-order valence-electron chi connectivity index (χ3n) is 4.33. The van der Waals surface area contributed by atoms with E-state index in [0.717, 1.165) is 11.3 Å². The molecule has 0 aliphatic carbocycles. The number of nitrogens with zero attached hydrogens (tertiary/aromatic N) is 2. The fourth-order valence-electron chi connectivity index (χ4n) is 2.87. The van der Waals surface area contributed by atoms with Crippen LogP contribution >= 0.6 is 11.3 Å². The number of esters is 1. The lowest BCUT2D eigenvalue weighted by Gasteiger charge is -2.09. The fourth-order valence-corrected chi connectivity index (χ4v) is 4.01. The predicted molar refractivity (Wildman–Crippen MR) is 116 cm³/mol. The van der Waals surface area contributed by atoms with Gasteiger partial charge in [0.25, 0.3) is 0 Å². The molecule has 0 aliphatic rings. The number of benzene rings is 1. The molecule has 0 bridgehead atoms. The van der Waals surface area contributed by atoms with Crippen LogP contribution in [0.15, 0.2) is 23.8 Å². The van der Waals surface area contributed by atoms with Gasteiger partial charge in [-0.05, 0) is 50.1 Å². The van der Waals surface area contributed by atoms with Crippen LogP contribution in [0.4, 0.5) is 0 Å². The van der Waals surface area contributed by atoms with Gasteiger partial charge in [-0.2, -0.15) is 10.5 Å². The Bertz CT molecular complexity index is 1100. The molecule has 7 nitrogen and oxygen atoms in total. The maximum atomic E-state index is 12.8. The third-order valence-corrected chi connectivity index (χ3v) is 5.60. The third kappa shape index (κ3) is 5.50. The highest BCUT2D eigenvalue weighted by Gasteiger charge is 2.23. The van der Waals surface area contributed by atoms with Gasteiger partial charge in [0.1, 0.15) is 17.0 Å². The number of rotatable bonds is 9. The summed E-state index contributed by atoms with van der Waals surface area (Å²) in [5, 5.41) is 19.0. The van der Waals surface area contributed by atoms with Gasteiger partial charge in [0.15, 0.2) is 17.3 Å². The van der Waals surface area contributed by atoms with Crippen LogP contribution in [0, 0.1) is 29.6 Å². The molecular formula is C23H22N2O5S. The van der Waals surface area contributed by atoms with Crippen molar-refractivity contribution >= 4 is 29.2 Å². The summed E-state index contributed by atoms with van der Waals surface area (Å²) in [6.45, 7) is 5.87. The first kappa shape index (κ1) is 23.7. The maximum Gasteiger partial charge on any atom is 0.348 e. The Morgan fingerprint density at radius 2 is 1.90 bits per heavy atom. The quantitative estimate of drug-likeness (QED) is 0.327. The van der Waals surface area contributed by atoms with Crippen LogP contribution in [0.1, 0.15) is 45.1 Å². The van der Waals surface area contributed by atoms with E-state index in [0.29, 0.717) is 39.0 Å². The Hall–Kier alpha value is -3.62. The van der Waals surface area contributed by atoms with E-state index in [1.807, 2.05) is 19.1 Å². The van der Waals surface area contributed by atoms with Crippen molar-refractivity contribution in [3.8, 4) is 23.6 Å². The Kier molecular flexibility index (Phi) is 8.36. The van der Waals surface area contributed by atoms with Gasteiger partial charge in [0.2, 0.25) is 0 Å². The highest BCUT2D eigenvalue weighted by Crippen LogP contribution is 2.31. The molecule has 0 fully saturated rings. The summed E-state index contributed by atoms with van der Waals surface area (Å²) in [4.78, 5) is 25.6. The standard InChI is InChI=1S/C23H22N2O5S/c1-5-29-19-8-7-15(10-20(19)28-4)9-16(12-24)18(26)11-21-17(13-25)14(3)22(31-21)23(27)30-6-2/h7-10H,5-6,11H2,1-4H3/b16-9+. The molecule has 0 aliphatic heterocycles. The molecule has 2 rings (SSSR count). The lowest BCUT2D eigenvalue weighted by Crippen LogP contribution is -2.05. The van der Waals surface area contributed by atoms with E-state index in [1.165, 1.54) is 13.2 Å². The molecule has 8 heteroatoms. The molecule has 160 valence electrons. The van der Waals surface area contributed by atoms with Crippen LogP contribution in [0.5, 0.6) is 11.5 Å². The molecule has 0 amide bonds. The highest BCUT2D eigenvalue weighted by molar-refractivity contribution is 7.14. The molecule has 0 unspecified atom stereocenters. The van der Waals surface area contributed by atoms with Crippen LogP contribution in [0.3, 0.4) is 0 Å². The van der Waals surface area contributed by atoms with Crippen LogP contribution < -0.4 is 9.47 Å². The fraction of sp³-hybridized carbons (Fsp3) is 0.304. The van der Waals surface area contributed by atoms with Gasteiger partial charge >= 0.3 is 5.97 Å². The molecular weight excluding hydrogens is 416 g/mol. The zero-order chi connectivity index (χ0) is 23.0. The van der Waals surface area contributed by atoms with Crippen molar-refractivity contribution in [2.75, 3.05) is 20.3 Å². The number of hydrogen-bond acceptors (Lipinski definition) is 8. The Labute approximate surface area is 185 Å². The number of methoxy groups -OCH3 is 1. The molecule has 0 atom stereocenters. The van der Waals surface area contributed by atoms with Crippen molar-refractivity contribution in [2.24, 2.45) is 0 Å². The van der Waals surface area contributed by atoms with E-state index in [2.05, 4.69) is 0 Å². The smallest absolute Gasteiger partial charge is 0.348 e. The summed E-state index contributed by atoms with van der Waals surface area (Å²) < 4.78 is 15.8. The summed E-state index contributed by atoms with van der Waals surface area (Å²) in [5.74, 6) is 0.0625. The average molecular weight is 439 g/mol. The predicted octanol–water partition coefficient (Wildman–Crippen LogP) is 4.23. The van der Waals surface area contributed by atoms with Crippen molar-refractivity contribution in [1.29, 1.82) is 10.5 Å². The molecule has 31 heavy (non-hydrogen) atoms. The molecule has 0 radical (unpaired) electrons.